The molecule has 106 valence electrons. The summed E-state index contributed by atoms with van der Waals surface area (Å²) in [4.78, 5) is 22.3. The first-order chi connectivity index (χ1) is 8.14. The second-order valence-electron chi connectivity index (χ2n) is 5.67. The molecule has 0 bridgehead atoms. The largest absolute Gasteiger partial charge is 0.481 e. The van der Waals surface area contributed by atoms with E-state index < -0.39 is 18.0 Å². The van der Waals surface area contributed by atoms with Crippen molar-refractivity contribution in [3.8, 4) is 0 Å². The molecule has 6 heteroatoms. The van der Waals surface area contributed by atoms with Gasteiger partial charge in [0, 0.05) is 6.61 Å². The molecule has 0 aliphatic rings. The van der Waals surface area contributed by atoms with E-state index in [0.717, 1.165) is 0 Å². The molecular formula is C12H24NO5+. The van der Waals surface area contributed by atoms with E-state index in [1.807, 2.05) is 21.1 Å². The van der Waals surface area contributed by atoms with Crippen LogP contribution in [0, 0.1) is 5.92 Å². The van der Waals surface area contributed by atoms with E-state index in [1.54, 1.807) is 6.92 Å². The monoisotopic (exact) mass is 262 g/mol. The Balaban J connectivity index is 4.40. The van der Waals surface area contributed by atoms with Gasteiger partial charge in [0.1, 0.15) is 6.54 Å². The molecule has 0 amide bonds. The van der Waals surface area contributed by atoms with Crippen molar-refractivity contribution in [2.45, 2.75) is 25.9 Å². The fourth-order valence-electron chi connectivity index (χ4n) is 1.53. The Labute approximate surface area is 108 Å². The maximum atomic E-state index is 11.6. The standard InChI is InChI=1S/C12H23NO5/c1-9(8-14)5-12(17)18-10(6-11(15)16)7-13(2,3)4/h9-10,14H,5-8H2,1-4H3/p+1/t9-,10-/m1/s1. The summed E-state index contributed by atoms with van der Waals surface area (Å²) in [6.45, 7) is 2.08. The van der Waals surface area contributed by atoms with Gasteiger partial charge in [-0.15, -0.1) is 0 Å². The maximum Gasteiger partial charge on any atom is 0.307 e. The molecule has 0 radical (unpaired) electrons. The summed E-state index contributed by atoms with van der Waals surface area (Å²) in [5.41, 5.74) is 0. The van der Waals surface area contributed by atoms with Crippen molar-refractivity contribution in [2.75, 3.05) is 34.3 Å². The summed E-state index contributed by atoms with van der Waals surface area (Å²) in [7, 11) is 5.71. The van der Waals surface area contributed by atoms with E-state index in [2.05, 4.69) is 0 Å². The second-order valence-corrected chi connectivity index (χ2v) is 5.67. The number of carboxylic acid groups (broad SMARTS) is 1. The van der Waals surface area contributed by atoms with Gasteiger partial charge in [0.25, 0.3) is 0 Å². The van der Waals surface area contributed by atoms with Crippen LogP contribution in [0.4, 0.5) is 0 Å². The molecule has 0 aromatic heterocycles. The third-order valence-electron chi connectivity index (χ3n) is 2.28. The fourth-order valence-corrected chi connectivity index (χ4v) is 1.53. The zero-order valence-electron chi connectivity index (χ0n) is 11.5. The lowest BCUT2D eigenvalue weighted by Crippen LogP contribution is -2.43. The molecule has 0 aliphatic heterocycles. The van der Waals surface area contributed by atoms with Crippen LogP contribution in [-0.4, -0.2) is 67.0 Å². The van der Waals surface area contributed by atoms with E-state index in [-0.39, 0.29) is 25.4 Å². The normalized spacial score (nSPS) is 14.9. The average Bonchev–Trinajstić information content (AvgIpc) is 2.12. The van der Waals surface area contributed by atoms with E-state index >= 15 is 0 Å². The zero-order chi connectivity index (χ0) is 14.3. The summed E-state index contributed by atoms with van der Waals surface area (Å²) >= 11 is 0. The number of aliphatic hydroxyl groups excluding tert-OH is 1. The van der Waals surface area contributed by atoms with Crippen LogP contribution in [-0.2, 0) is 14.3 Å². The first-order valence-electron chi connectivity index (χ1n) is 5.96. The van der Waals surface area contributed by atoms with Crippen molar-refractivity contribution in [1.82, 2.24) is 0 Å². The highest BCUT2D eigenvalue weighted by molar-refractivity contribution is 5.71. The highest BCUT2D eigenvalue weighted by Gasteiger charge is 2.25. The second kappa shape index (κ2) is 7.33. The number of carbonyl (C=O) groups excluding carboxylic acids is 1. The van der Waals surface area contributed by atoms with Gasteiger partial charge < -0.3 is 19.4 Å². The number of quaternary nitrogens is 1. The minimum atomic E-state index is -0.989. The smallest absolute Gasteiger partial charge is 0.307 e. The van der Waals surface area contributed by atoms with Gasteiger partial charge in [-0.1, -0.05) is 6.92 Å². The zero-order valence-corrected chi connectivity index (χ0v) is 11.5. The first kappa shape index (κ1) is 16.9. The van der Waals surface area contributed by atoms with E-state index in [0.29, 0.717) is 11.0 Å². The predicted molar refractivity (Wildman–Crippen MR) is 65.9 cm³/mol. The van der Waals surface area contributed by atoms with Crippen LogP contribution >= 0.6 is 0 Å². The summed E-state index contributed by atoms with van der Waals surface area (Å²) in [5, 5.41) is 17.6. The third-order valence-corrected chi connectivity index (χ3v) is 2.28. The third kappa shape index (κ3) is 8.95. The van der Waals surface area contributed by atoms with Crippen LogP contribution in [0.3, 0.4) is 0 Å². The fraction of sp³-hybridized carbons (Fsp3) is 0.833. The van der Waals surface area contributed by atoms with Crippen LogP contribution in [0.25, 0.3) is 0 Å². The number of nitrogens with zero attached hydrogens (tertiary/aromatic N) is 1. The number of carboxylic acids is 1. The van der Waals surface area contributed by atoms with Gasteiger partial charge in [-0.05, 0) is 5.92 Å². The van der Waals surface area contributed by atoms with Gasteiger partial charge in [0.15, 0.2) is 6.10 Å². The number of carbonyl (C=O) groups is 2. The highest BCUT2D eigenvalue weighted by atomic mass is 16.5. The number of hydrogen-bond donors (Lipinski definition) is 2. The summed E-state index contributed by atoms with van der Waals surface area (Å²) in [6, 6.07) is 0. The molecule has 2 atom stereocenters. The number of aliphatic carboxylic acids is 1. The van der Waals surface area contributed by atoms with Crippen LogP contribution in [0.2, 0.25) is 0 Å². The number of hydrogen-bond acceptors (Lipinski definition) is 4. The van der Waals surface area contributed by atoms with Crippen molar-refractivity contribution in [2.24, 2.45) is 5.92 Å². The minimum absolute atomic E-state index is 0.0893. The lowest BCUT2D eigenvalue weighted by Gasteiger charge is -2.28. The molecule has 18 heavy (non-hydrogen) atoms. The van der Waals surface area contributed by atoms with Gasteiger partial charge in [-0.25, -0.2) is 0 Å². The Morgan fingerprint density at radius 2 is 1.78 bits per heavy atom. The summed E-state index contributed by atoms with van der Waals surface area (Å²) in [5.74, 6) is -1.63. The molecule has 0 fully saturated rings. The molecule has 0 aliphatic carbocycles. The van der Waals surface area contributed by atoms with Crippen LogP contribution in [0.15, 0.2) is 0 Å². The Morgan fingerprint density at radius 3 is 2.17 bits per heavy atom. The van der Waals surface area contributed by atoms with E-state index in [4.69, 9.17) is 14.9 Å². The molecule has 0 aromatic carbocycles. The first-order valence-corrected chi connectivity index (χ1v) is 5.96. The van der Waals surface area contributed by atoms with Gasteiger partial charge in [0.05, 0.1) is 34.0 Å². The van der Waals surface area contributed by atoms with Crippen LogP contribution in [0.5, 0.6) is 0 Å². The number of rotatable bonds is 8. The molecule has 0 rings (SSSR count). The molecule has 0 spiro atoms. The topological polar surface area (TPSA) is 83.8 Å². The van der Waals surface area contributed by atoms with Crippen LogP contribution in [0.1, 0.15) is 19.8 Å². The molecule has 0 heterocycles. The van der Waals surface area contributed by atoms with Crippen molar-refractivity contribution in [3.05, 3.63) is 0 Å². The molecule has 0 unspecified atom stereocenters. The Morgan fingerprint density at radius 1 is 1.22 bits per heavy atom. The molecule has 6 nitrogen and oxygen atoms in total. The number of likely N-dealkylation sites (N-methyl/N-ethyl adjacent to an activating group) is 1. The van der Waals surface area contributed by atoms with E-state index in [9.17, 15) is 9.59 Å². The molecular weight excluding hydrogens is 238 g/mol. The van der Waals surface area contributed by atoms with Gasteiger partial charge >= 0.3 is 11.9 Å². The van der Waals surface area contributed by atoms with Crippen molar-refractivity contribution < 1.29 is 29.0 Å². The Bertz CT molecular complexity index is 285. The quantitative estimate of drug-likeness (QED) is 0.479. The van der Waals surface area contributed by atoms with Gasteiger partial charge in [-0.3, -0.25) is 9.59 Å². The van der Waals surface area contributed by atoms with Crippen molar-refractivity contribution in [3.63, 3.8) is 0 Å². The molecule has 0 saturated carbocycles. The average molecular weight is 262 g/mol. The van der Waals surface area contributed by atoms with E-state index in [1.165, 1.54) is 0 Å². The lowest BCUT2D eigenvalue weighted by atomic mass is 10.1. The minimum Gasteiger partial charge on any atom is -0.481 e. The molecule has 2 N–H and O–H groups in total. The Kier molecular flexibility index (Phi) is 6.86. The van der Waals surface area contributed by atoms with Crippen molar-refractivity contribution in [1.29, 1.82) is 0 Å². The molecule has 0 aromatic rings. The molecule has 0 saturated heterocycles. The summed E-state index contributed by atoms with van der Waals surface area (Å²) in [6.07, 6.45) is -0.737. The number of esters is 1. The number of ether oxygens (including phenoxy) is 1. The number of aliphatic hydroxyl groups is 1. The summed E-state index contributed by atoms with van der Waals surface area (Å²) < 4.78 is 5.68. The van der Waals surface area contributed by atoms with Crippen molar-refractivity contribution >= 4 is 11.9 Å². The maximum absolute atomic E-state index is 11.6. The highest BCUT2D eigenvalue weighted by Crippen LogP contribution is 2.09. The predicted octanol–water partition coefficient (Wildman–Crippen LogP) is 0.0976. The van der Waals surface area contributed by atoms with Gasteiger partial charge in [-0.2, -0.15) is 0 Å². The Hall–Kier alpha value is -1.14. The lowest BCUT2D eigenvalue weighted by molar-refractivity contribution is -0.873. The SMILES string of the molecule is C[C@@H](CO)CC(=O)O[C@H](CC(=O)O)C[N+](C)(C)C. The van der Waals surface area contributed by atoms with Gasteiger partial charge in [0.2, 0.25) is 0 Å². The van der Waals surface area contributed by atoms with Crippen LogP contribution < -0.4 is 0 Å².